The summed E-state index contributed by atoms with van der Waals surface area (Å²) in [5.74, 6) is 0.792. The molecular weight excluding hydrogens is 332 g/mol. The summed E-state index contributed by atoms with van der Waals surface area (Å²) in [6, 6.07) is 14.8. The van der Waals surface area contributed by atoms with Crippen molar-refractivity contribution < 1.29 is 19.1 Å². The number of anilines is 2. The number of rotatable bonds is 6. The Labute approximate surface area is 152 Å². The van der Waals surface area contributed by atoms with Crippen LogP contribution in [0.5, 0.6) is 5.75 Å². The van der Waals surface area contributed by atoms with Crippen LogP contribution in [-0.4, -0.2) is 31.8 Å². The average Bonchev–Trinajstić information content (AvgIpc) is 3.06. The summed E-state index contributed by atoms with van der Waals surface area (Å²) < 4.78 is 10.5. The van der Waals surface area contributed by atoms with Gasteiger partial charge < -0.3 is 14.8 Å². The van der Waals surface area contributed by atoms with Crippen LogP contribution in [0.25, 0.3) is 0 Å². The predicted octanol–water partition coefficient (Wildman–Crippen LogP) is 3.78. The number of nitrogens with one attached hydrogen (secondary N) is 1. The van der Waals surface area contributed by atoms with Gasteiger partial charge in [0, 0.05) is 0 Å². The Balaban J connectivity index is 1.61. The number of ether oxygens (including phenoxy) is 2. The van der Waals surface area contributed by atoms with Crippen molar-refractivity contribution in [3.05, 3.63) is 54.1 Å². The molecule has 1 fully saturated rings. The second-order valence-corrected chi connectivity index (χ2v) is 6.34. The van der Waals surface area contributed by atoms with E-state index in [2.05, 4.69) is 19.2 Å². The fourth-order valence-electron chi connectivity index (χ4n) is 2.71. The highest BCUT2D eigenvalue weighted by Gasteiger charge is 2.25. The highest BCUT2D eigenvalue weighted by atomic mass is 16.6. The average molecular weight is 354 g/mol. The zero-order valence-corrected chi connectivity index (χ0v) is 14.9. The van der Waals surface area contributed by atoms with Gasteiger partial charge in [0.25, 0.3) is 5.91 Å². The molecule has 1 heterocycles. The Hall–Kier alpha value is -3.02. The van der Waals surface area contributed by atoms with Crippen LogP contribution in [0.15, 0.2) is 48.5 Å². The van der Waals surface area contributed by atoms with Crippen molar-refractivity contribution in [2.75, 3.05) is 30.0 Å². The van der Waals surface area contributed by atoms with Crippen molar-refractivity contribution in [3.63, 3.8) is 0 Å². The fraction of sp³-hybridized carbons (Fsp3) is 0.300. The second-order valence-electron chi connectivity index (χ2n) is 6.34. The van der Waals surface area contributed by atoms with Gasteiger partial charge >= 0.3 is 6.09 Å². The van der Waals surface area contributed by atoms with E-state index in [0.717, 1.165) is 0 Å². The third kappa shape index (κ3) is 4.14. The molecule has 2 aromatic rings. The van der Waals surface area contributed by atoms with Crippen molar-refractivity contribution in [2.45, 2.75) is 19.8 Å². The van der Waals surface area contributed by atoms with E-state index in [1.165, 1.54) is 10.5 Å². The highest BCUT2D eigenvalue weighted by molar-refractivity contribution is 5.99. The van der Waals surface area contributed by atoms with E-state index in [9.17, 15) is 9.59 Å². The number of para-hydroxylation sites is 2. The lowest BCUT2D eigenvalue weighted by Gasteiger charge is -2.17. The van der Waals surface area contributed by atoms with Crippen LogP contribution in [0.4, 0.5) is 16.2 Å². The fourth-order valence-corrected chi connectivity index (χ4v) is 2.71. The molecular formula is C20H22N2O4. The minimum Gasteiger partial charge on any atom is -0.484 e. The Morgan fingerprint density at radius 3 is 2.58 bits per heavy atom. The molecule has 0 radical (unpaired) electrons. The SMILES string of the molecule is CC(C)c1ccc(OCC(=O)Nc2ccccc2N2CCOC2=O)cc1. The van der Waals surface area contributed by atoms with Gasteiger partial charge in [0.05, 0.1) is 17.9 Å². The summed E-state index contributed by atoms with van der Waals surface area (Å²) in [7, 11) is 0. The number of hydrogen-bond acceptors (Lipinski definition) is 4. The quantitative estimate of drug-likeness (QED) is 0.857. The smallest absolute Gasteiger partial charge is 0.414 e. The van der Waals surface area contributed by atoms with E-state index in [4.69, 9.17) is 9.47 Å². The molecule has 26 heavy (non-hydrogen) atoms. The Morgan fingerprint density at radius 1 is 1.19 bits per heavy atom. The first kappa shape index (κ1) is 17.8. The molecule has 136 valence electrons. The summed E-state index contributed by atoms with van der Waals surface area (Å²) in [6.45, 7) is 4.94. The van der Waals surface area contributed by atoms with Crippen molar-refractivity contribution in [2.24, 2.45) is 0 Å². The first-order chi connectivity index (χ1) is 12.5. The van der Waals surface area contributed by atoms with Crippen molar-refractivity contribution in [3.8, 4) is 5.75 Å². The van der Waals surface area contributed by atoms with Crippen LogP contribution in [-0.2, 0) is 9.53 Å². The molecule has 0 saturated carbocycles. The van der Waals surface area contributed by atoms with Gasteiger partial charge in [-0.15, -0.1) is 0 Å². The van der Waals surface area contributed by atoms with E-state index in [-0.39, 0.29) is 12.5 Å². The molecule has 3 rings (SSSR count). The monoisotopic (exact) mass is 354 g/mol. The van der Waals surface area contributed by atoms with Gasteiger partial charge in [-0.3, -0.25) is 9.69 Å². The van der Waals surface area contributed by atoms with Crippen LogP contribution < -0.4 is 15.0 Å². The highest BCUT2D eigenvalue weighted by Crippen LogP contribution is 2.28. The van der Waals surface area contributed by atoms with Crippen LogP contribution in [0.3, 0.4) is 0 Å². The first-order valence-corrected chi connectivity index (χ1v) is 8.60. The minimum absolute atomic E-state index is 0.111. The van der Waals surface area contributed by atoms with Gasteiger partial charge in [0.15, 0.2) is 6.61 Å². The molecule has 1 N–H and O–H groups in total. The molecule has 2 aromatic carbocycles. The van der Waals surface area contributed by atoms with Gasteiger partial charge in [0.1, 0.15) is 12.4 Å². The molecule has 1 saturated heterocycles. The molecule has 0 atom stereocenters. The molecule has 6 nitrogen and oxygen atoms in total. The maximum atomic E-state index is 12.2. The molecule has 0 unspecified atom stereocenters. The third-order valence-corrected chi connectivity index (χ3v) is 4.15. The van der Waals surface area contributed by atoms with Gasteiger partial charge in [-0.1, -0.05) is 38.1 Å². The maximum absolute atomic E-state index is 12.2. The normalized spacial score (nSPS) is 13.7. The Kier molecular flexibility index (Phi) is 5.41. The number of carbonyl (C=O) groups is 2. The number of nitrogens with zero attached hydrogens (tertiary/aromatic N) is 1. The molecule has 1 aliphatic rings. The van der Waals surface area contributed by atoms with Crippen LogP contribution >= 0.6 is 0 Å². The predicted molar refractivity (Wildman–Crippen MR) is 99.8 cm³/mol. The largest absolute Gasteiger partial charge is 0.484 e. The summed E-state index contributed by atoms with van der Waals surface area (Å²) in [5.41, 5.74) is 2.38. The van der Waals surface area contributed by atoms with E-state index < -0.39 is 6.09 Å². The molecule has 0 aliphatic carbocycles. The summed E-state index contributed by atoms with van der Waals surface area (Å²) in [5, 5.41) is 2.79. The van der Waals surface area contributed by atoms with E-state index in [0.29, 0.717) is 36.2 Å². The van der Waals surface area contributed by atoms with Gasteiger partial charge in [-0.05, 0) is 35.7 Å². The molecule has 0 bridgehead atoms. The third-order valence-electron chi connectivity index (χ3n) is 4.15. The number of amides is 2. The van der Waals surface area contributed by atoms with Crippen molar-refractivity contribution >= 4 is 23.4 Å². The molecule has 0 spiro atoms. The van der Waals surface area contributed by atoms with E-state index >= 15 is 0 Å². The second kappa shape index (κ2) is 7.91. The van der Waals surface area contributed by atoms with Gasteiger partial charge in [-0.25, -0.2) is 4.79 Å². The standard InChI is InChI=1S/C20H22N2O4/c1-14(2)15-7-9-16(10-8-15)26-13-19(23)21-17-5-3-4-6-18(17)22-11-12-25-20(22)24/h3-10,14H,11-13H2,1-2H3,(H,21,23). The molecule has 1 aliphatic heterocycles. The summed E-state index contributed by atoms with van der Waals surface area (Å²) in [4.78, 5) is 25.5. The number of cyclic esters (lactones) is 1. The van der Waals surface area contributed by atoms with Crippen LogP contribution in [0.2, 0.25) is 0 Å². The summed E-state index contributed by atoms with van der Waals surface area (Å²) >= 11 is 0. The minimum atomic E-state index is -0.409. The van der Waals surface area contributed by atoms with E-state index in [1.807, 2.05) is 30.3 Å². The van der Waals surface area contributed by atoms with E-state index in [1.54, 1.807) is 18.2 Å². The lowest BCUT2D eigenvalue weighted by Crippen LogP contribution is -2.26. The zero-order chi connectivity index (χ0) is 18.5. The molecule has 6 heteroatoms. The number of carbonyl (C=O) groups excluding carboxylic acids is 2. The van der Waals surface area contributed by atoms with Gasteiger partial charge in [0.2, 0.25) is 0 Å². The Morgan fingerprint density at radius 2 is 1.92 bits per heavy atom. The van der Waals surface area contributed by atoms with Crippen molar-refractivity contribution in [1.82, 2.24) is 0 Å². The molecule has 0 aromatic heterocycles. The Bertz CT molecular complexity index is 787. The maximum Gasteiger partial charge on any atom is 0.414 e. The lowest BCUT2D eigenvalue weighted by atomic mass is 10.0. The lowest BCUT2D eigenvalue weighted by molar-refractivity contribution is -0.118. The summed E-state index contributed by atoms with van der Waals surface area (Å²) in [6.07, 6.45) is -0.409. The van der Waals surface area contributed by atoms with Crippen LogP contribution in [0, 0.1) is 0 Å². The topological polar surface area (TPSA) is 67.9 Å². The molecule has 2 amide bonds. The van der Waals surface area contributed by atoms with Gasteiger partial charge in [-0.2, -0.15) is 0 Å². The first-order valence-electron chi connectivity index (χ1n) is 8.60. The number of hydrogen-bond donors (Lipinski definition) is 1. The zero-order valence-electron chi connectivity index (χ0n) is 14.9. The number of benzene rings is 2. The van der Waals surface area contributed by atoms with Crippen LogP contribution in [0.1, 0.15) is 25.3 Å². The van der Waals surface area contributed by atoms with Crippen molar-refractivity contribution in [1.29, 1.82) is 0 Å².